The summed E-state index contributed by atoms with van der Waals surface area (Å²) in [6, 6.07) is -2.67. The van der Waals surface area contributed by atoms with Crippen LogP contribution in [0.3, 0.4) is 0 Å². The quantitative estimate of drug-likeness (QED) is 0.0346. The minimum absolute atomic E-state index is 0.239. The van der Waals surface area contributed by atoms with Crippen LogP contribution in [0.1, 0.15) is 26.2 Å². The number of hydrogen-bond acceptors (Lipinski definition) is 35. The fourth-order valence-corrected chi connectivity index (χ4v) is 10.1. The highest BCUT2D eigenvalue weighted by Crippen LogP contribution is 2.34. The predicted molar refractivity (Wildman–Crippen MR) is 265 cm³/mol. The van der Waals surface area contributed by atoms with Gasteiger partial charge in [-0.15, -0.1) is 0 Å². The van der Waals surface area contributed by atoms with E-state index in [0.717, 1.165) is 0 Å². The number of carbonyl (C=O) groups is 2. The molecule has 6 saturated heterocycles. The van der Waals surface area contributed by atoms with Crippen LogP contribution in [0.5, 0.6) is 0 Å². The van der Waals surface area contributed by atoms with Crippen molar-refractivity contribution in [3.05, 3.63) is 0 Å². The summed E-state index contributed by atoms with van der Waals surface area (Å²) in [5.41, 5.74) is 0. The number of amides is 2. The van der Waals surface area contributed by atoms with Crippen LogP contribution in [0.15, 0.2) is 0 Å². The summed E-state index contributed by atoms with van der Waals surface area (Å²) >= 11 is 0. The second kappa shape index (κ2) is 33.1. The van der Waals surface area contributed by atoms with Gasteiger partial charge in [-0.1, -0.05) is 6.92 Å². The fourth-order valence-electron chi connectivity index (χ4n) is 10.1. The highest BCUT2D eigenvalue weighted by Gasteiger charge is 2.53. The third-order valence-electron chi connectivity index (χ3n) is 15.4. The highest BCUT2D eigenvalue weighted by molar-refractivity contribution is 5.79. The topological polar surface area (TPSA) is 594 Å². The standard InChI is InChI=1S/C48H84N2O35/c1-15-26(59)18(5-51)80-47(27(15)60)84-41-22(9-55)82-45(39(72)34(41)67)76-13-16(11-74-43-36(69)31(64)28(61)19(6-52)78-43)49-24(57)3-2-4-25(58)50-17(12-75-44-37(70)32(65)29(62)20(7-53)79-44)14-77-46-40(73)35(68)42(23(10-56)83-46)85-48-38(71)33(66)30(63)21(8-54)81-48/h15-23,26-48,51-56,59-73H,2-14H2,1H3,(H,49,57)(H,50,58)/t15-,16?,17?,18+,19+,20+,21+,22+,23+,26+,27+,28+,29+,30-,31-,32-,33-,34+,35+,36-,37-,38+,39+,40+,41+,42+,43+,44+,45+,46+,47+,48-/m0/s1. The van der Waals surface area contributed by atoms with E-state index in [9.17, 15) is 117 Å². The minimum Gasteiger partial charge on any atom is -0.394 e. The lowest BCUT2D eigenvalue weighted by Crippen LogP contribution is -2.65. The number of rotatable bonds is 28. The summed E-state index contributed by atoms with van der Waals surface area (Å²) in [7, 11) is 0. The summed E-state index contributed by atoms with van der Waals surface area (Å²) < 4.78 is 66.9. The van der Waals surface area contributed by atoms with Gasteiger partial charge < -0.3 is 175 Å². The van der Waals surface area contributed by atoms with Gasteiger partial charge in [0, 0.05) is 18.8 Å². The van der Waals surface area contributed by atoms with Crippen molar-refractivity contribution in [1.82, 2.24) is 10.6 Å². The maximum absolute atomic E-state index is 13.5. The molecule has 6 heterocycles. The Hall–Kier alpha value is -2.38. The maximum Gasteiger partial charge on any atom is 0.220 e. The molecule has 0 radical (unpaired) electrons. The predicted octanol–water partition coefficient (Wildman–Crippen LogP) is -14.7. The number of hydrogen-bond donors (Lipinski definition) is 23. The van der Waals surface area contributed by atoms with E-state index in [1.165, 1.54) is 6.92 Å². The van der Waals surface area contributed by atoms with Crippen LogP contribution in [0, 0.1) is 5.92 Å². The van der Waals surface area contributed by atoms with E-state index in [2.05, 4.69) is 10.6 Å². The van der Waals surface area contributed by atoms with Gasteiger partial charge in [-0.25, -0.2) is 0 Å². The smallest absolute Gasteiger partial charge is 0.220 e. The SMILES string of the molecule is C[C@H]1[C@@H](O)[C@@H](CO)O[C@H](O[C@H]2[C@H](O)[C@@H](O)[C@H](OCC(CO[C@@H]3O[C@H](CO)[C@@H](O)[C@H](O)[C@@H]3O)NC(=O)CCCC(=O)NC(CO[C@@H]3O[C@H](CO)[C@@H](O)[C@H](O)[C@@H]3O)CO[C@@H]3O[C@H](CO)[C@@H](O[C@@H]4O[C@H](CO)[C@H](O)[C@H](O)[C@H]4O)[C@H](O)[C@H]3O)O[C@@H]2CO)[C@@H]1O. The first-order chi connectivity index (χ1) is 40.3. The van der Waals surface area contributed by atoms with Crippen molar-refractivity contribution >= 4 is 11.8 Å². The molecule has 0 aromatic heterocycles. The van der Waals surface area contributed by atoms with Crippen molar-refractivity contribution in [3.8, 4) is 0 Å². The molecule has 496 valence electrons. The average molecular weight is 1250 g/mol. The molecule has 37 nitrogen and oxygen atoms in total. The molecule has 85 heavy (non-hydrogen) atoms. The average Bonchev–Trinajstić information content (AvgIpc) is 2.74. The van der Waals surface area contributed by atoms with Crippen LogP contribution < -0.4 is 10.6 Å². The second-order valence-electron chi connectivity index (χ2n) is 21.5. The van der Waals surface area contributed by atoms with Crippen LogP contribution in [-0.4, -0.2) is 375 Å². The van der Waals surface area contributed by atoms with Crippen molar-refractivity contribution in [2.75, 3.05) is 66.1 Å². The van der Waals surface area contributed by atoms with Gasteiger partial charge in [0.25, 0.3) is 0 Å². The van der Waals surface area contributed by atoms with Crippen molar-refractivity contribution in [3.63, 3.8) is 0 Å². The van der Waals surface area contributed by atoms with Crippen LogP contribution >= 0.6 is 0 Å². The van der Waals surface area contributed by atoms with E-state index < -0.39 is 287 Å². The van der Waals surface area contributed by atoms with E-state index in [1.54, 1.807) is 0 Å². The lowest BCUT2D eigenvalue weighted by atomic mass is 9.90. The molecule has 0 bridgehead atoms. The monoisotopic (exact) mass is 1250 g/mol. The zero-order valence-electron chi connectivity index (χ0n) is 45.8. The zero-order valence-corrected chi connectivity index (χ0v) is 45.8. The summed E-state index contributed by atoms with van der Waals surface area (Å²) in [6.45, 7) is -6.24. The molecule has 6 fully saturated rings. The second-order valence-corrected chi connectivity index (χ2v) is 21.5. The summed E-state index contributed by atoms with van der Waals surface area (Å²) in [6.07, 6.45) is -51.1. The lowest BCUT2D eigenvalue weighted by Gasteiger charge is -2.46. The Balaban J connectivity index is 1.09. The molecule has 0 spiro atoms. The Bertz CT molecular complexity index is 1850. The molecule has 0 aromatic rings. The lowest BCUT2D eigenvalue weighted by molar-refractivity contribution is -0.360. The molecule has 37 heteroatoms. The summed E-state index contributed by atoms with van der Waals surface area (Å²) in [4.78, 5) is 27.1. The molecule has 0 aromatic carbocycles. The van der Waals surface area contributed by atoms with Gasteiger partial charge in [-0.05, 0) is 6.42 Å². The van der Waals surface area contributed by atoms with Gasteiger partial charge in [0.1, 0.15) is 134 Å². The molecule has 23 N–H and O–H groups in total. The van der Waals surface area contributed by atoms with Crippen LogP contribution in [-0.2, 0) is 66.4 Å². The molecule has 32 atom stereocenters. The fraction of sp³-hybridized carbons (Fsp3) is 0.958. The van der Waals surface area contributed by atoms with Gasteiger partial charge in [-0.3, -0.25) is 9.59 Å². The molecular formula is C48H84N2O35. The molecule has 0 aliphatic carbocycles. The largest absolute Gasteiger partial charge is 0.394 e. The molecule has 2 unspecified atom stereocenters. The first-order valence-corrected chi connectivity index (χ1v) is 27.5. The van der Waals surface area contributed by atoms with E-state index in [-0.39, 0.29) is 6.42 Å². The Morgan fingerprint density at radius 3 is 0.918 bits per heavy atom. The Morgan fingerprint density at radius 1 is 0.341 bits per heavy atom. The van der Waals surface area contributed by atoms with Gasteiger partial charge in [-0.2, -0.15) is 0 Å². The van der Waals surface area contributed by atoms with Gasteiger partial charge in [0.05, 0.1) is 84.3 Å². The Kier molecular flexibility index (Phi) is 27.9. The van der Waals surface area contributed by atoms with Gasteiger partial charge in [0.15, 0.2) is 37.7 Å². The molecule has 6 aliphatic heterocycles. The number of nitrogens with one attached hydrogen (secondary N) is 2. The van der Waals surface area contributed by atoms with Gasteiger partial charge >= 0.3 is 0 Å². The van der Waals surface area contributed by atoms with Crippen LogP contribution in [0.2, 0.25) is 0 Å². The zero-order chi connectivity index (χ0) is 62.7. The minimum atomic E-state index is -2.03. The Morgan fingerprint density at radius 2 is 0.600 bits per heavy atom. The first-order valence-electron chi connectivity index (χ1n) is 27.5. The highest BCUT2D eigenvalue weighted by atomic mass is 16.8. The number of aliphatic hydroxyl groups is 21. The van der Waals surface area contributed by atoms with Crippen molar-refractivity contribution in [2.24, 2.45) is 5.92 Å². The summed E-state index contributed by atoms with van der Waals surface area (Å²) in [5, 5.41) is 223. The normalized spacial score (nSPS) is 45.2. The first kappa shape index (κ1) is 71.7. The third kappa shape index (κ3) is 17.6. The van der Waals surface area contributed by atoms with Crippen molar-refractivity contribution in [2.45, 2.75) is 216 Å². The van der Waals surface area contributed by atoms with Crippen molar-refractivity contribution in [1.29, 1.82) is 0 Å². The number of carbonyl (C=O) groups excluding carboxylic acids is 2. The summed E-state index contributed by atoms with van der Waals surface area (Å²) in [5.74, 6) is -2.53. The van der Waals surface area contributed by atoms with Crippen LogP contribution in [0.4, 0.5) is 0 Å². The number of ether oxygens (including phenoxy) is 12. The van der Waals surface area contributed by atoms with Crippen LogP contribution in [0.25, 0.3) is 0 Å². The maximum atomic E-state index is 13.5. The van der Waals surface area contributed by atoms with Gasteiger partial charge in [0.2, 0.25) is 11.8 Å². The Labute approximate surface area is 483 Å². The number of aliphatic hydroxyl groups excluding tert-OH is 21. The van der Waals surface area contributed by atoms with E-state index in [0.29, 0.717) is 0 Å². The molecule has 0 saturated carbocycles. The molecular weight excluding hydrogens is 1160 g/mol. The third-order valence-corrected chi connectivity index (χ3v) is 15.4. The van der Waals surface area contributed by atoms with Crippen molar-refractivity contribution < 1.29 is 174 Å². The molecule has 6 aliphatic rings. The molecule has 6 rings (SSSR count). The van der Waals surface area contributed by atoms with E-state index >= 15 is 0 Å². The van der Waals surface area contributed by atoms with E-state index in [1.807, 2.05) is 0 Å². The molecule has 2 amide bonds. The van der Waals surface area contributed by atoms with E-state index in [4.69, 9.17) is 56.8 Å².